The summed E-state index contributed by atoms with van der Waals surface area (Å²) in [6, 6.07) is 12.0. The molecule has 112 valence electrons. The molecule has 0 bridgehead atoms. The summed E-state index contributed by atoms with van der Waals surface area (Å²) in [4.78, 5) is 21.2. The Morgan fingerprint density at radius 2 is 1.95 bits per heavy atom. The zero-order valence-corrected chi connectivity index (χ0v) is 12.4. The molecule has 0 N–H and O–H groups in total. The minimum Gasteiger partial charge on any atom is -0.297 e. The molecular formula is C17H21NO3. The van der Waals surface area contributed by atoms with Gasteiger partial charge in [-0.15, -0.1) is 0 Å². The van der Waals surface area contributed by atoms with Gasteiger partial charge in [0, 0.05) is 19.3 Å². The number of carbonyl (C=O) groups is 1. The lowest BCUT2D eigenvalue weighted by atomic mass is 9.75. The average molecular weight is 287 g/mol. The van der Waals surface area contributed by atoms with Crippen molar-refractivity contribution in [3.63, 3.8) is 0 Å². The normalized spacial score (nSPS) is 18.5. The van der Waals surface area contributed by atoms with Crippen molar-refractivity contribution in [2.45, 2.75) is 51.0 Å². The third kappa shape index (κ3) is 4.05. The van der Waals surface area contributed by atoms with E-state index in [0.717, 1.165) is 31.2 Å². The number of hydrogen-bond donors (Lipinski definition) is 0. The second-order valence-corrected chi connectivity index (χ2v) is 5.66. The van der Waals surface area contributed by atoms with Crippen LogP contribution in [0, 0.1) is 17.2 Å². The highest BCUT2D eigenvalue weighted by Gasteiger charge is 2.43. The maximum Gasteiger partial charge on any atom is 0.339 e. The first kappa shape index (κ1) is 15.5. The van der Waals surface area contributed by atoms with E-state index in [1.54, 1.807) is 0 Å². The molecule has 1 aliphatic rings. The molecule has 2 rings (SSSR count). The largest absolute Gasteiger partial charge is 0.339 e. The molecule has 1 aromatic rings. The Hall–Kier alpha value is -1.86. The summed E-state index contributed by atoms with van der Waals surface area (Å²) in [6.07, 6.45) is 5.67. The summed E-state index contributed by atoms with van der Waals surface area (Å²) in [6.45, 7) is 1.28. The summed E-state index contributed by atoms with van der Waals surface area (Å²) in [7, 11) is 0. The van der Waals surface area contributed by atoms with Gasteiger partial charge in [0.1, 0.15) is 6.07 Å². The standard InChI is InChI=1S/C17H21NO3/c1-14(19)20-21-17(13-18,16-10-6-3-7-11-16)12-15-8-4-2-5-9-15/h2,4-5,8-9,16H,3,6-7,10-12H2,1H3. The number of hydrogen-bond acceptors (Lipinski definition) is 4. The number of benzene rings is 1. The lowest BCUT2D eigenvalue weighted by molar-refractivity contribution is -0.329. The molecule has 1 unspecified atom stereocenters. The highest BCUT2D eigenvalue weighted by Crippen LogP contribution is 2.37. The van der Waals surface area contributed by atoms with Crippen LogP contribution in [-0.4, -0.2) is 11.6 Å². The Labute approximate surface area is 125 Å². The van der Waals surface area contributed by atoms with Crippen LogP contribution < -0.4 is 0 Å². The highest BCUT2D eigenvalue weighted by molar-refractivity contribution is 5.65. The minimum absolute atomic E-state index is 0.0933. The van der Waals surface area contributed by atoms with Gasteiger partial charge in [0.25, 0.3) is 0 Å². The van der Waals surface area contributed by atoms with Crippen LogP contribution in [0.1, 0.15) is 44.6 Å². The molecular weight excluding hydrogens is 266 g/mol. The molecule has 1 fully saturated rings. The second-order valence-electron chi connectivity index (χ2n) is 5.66. The molecule has 21 heavy (non-hydrogen) atoms. The SMILES string of the molecule is CC(=O)OOC(C#N)(Cc1ccccc1)C1CCCCC1. The van der Waals surface area contributed by atoms with E-state index in [2.05, 4.69) is 6.07 Å². The van der Waals surface area contributed by atoms with Crippen LogP contribution >= 0.6 is 0 Å². The molecule has 0 amide bonds. The van der Waals surface area contributed by atoms with Crippen molar-refractivity contribution in [3.05, 3.63) is 35.9 Å². The van der Waals surface area contributed by atoms with E-state index in [0.29, 0.717) is 6.42 Å². The molecule has 0 heterocycles. The summed E-state index contributed by atoms with van der Waals surface area (Å²) in [5.41, 5.74) is -0.0789. The molecule has 1 aliphatic carbocycles. The number of carbonyl (C=O) groups excluding carboxylic acids is 1. The molecule has 0 radical (unpaired) electrons. The van der Waals surface area contributed by atoms with Gasteiger partial charge in [-0.25, -0.2) is 4.79 Å². The van der Waals surface area contributed by atoms with Gasteiger partial charge in [-0.05, 0) is 18.4 Å². The van der Waals surface area contributed by atoms with Crippen molar-refractivity contribution >= 4 is 5.97 Å². The van der Waals surface area contributed by atoms with Gasteiger partial charge in [-0.2, -0.15) is 10.1 Å². The van der Waals surface area contributed by atoms with Gasteiger partial charge >= 0.3 is 5.97 Å². The third-order valence-corrected chi connectivity index (χ3v) is 4.07. The Bertz CT molecular complexity index is 503. The Morgan fingerprint density at radius 1 is 1.29 bits per heavy atom. The van der Waals surface area contributed by atoms with E-state index in [1.165, 1.54) is 13.3 Å². The predicted molar refractivity (Wildman–Crippen MR) is 77.9 cm³/mol. The van der Waals surface area contributed by atoms with E-state index >= 15 is 0 Å². The fraction of sp³-hybridized carbons (Fsp3) is 0.529. The zero-order chi connectivity index (χ0) is 15.1. The van der Waals surface area contributed by atoms with Crippen LogP contribution in [0.2, 0.25) is 0 Å². The first-order valence-corrected chi connectivity index (χ1v) is 7.48. The van der Waals surface area contributed by atoms with Crippen LogP contribution in [0.4, 0.5) is 0 Å². The molecule has 1 atom stereocenters. The van der Waals surface area contributed by atoms with Gasteiger partial charge in [-0.1, -0.05) is 49.6 Å². The molecule has 4 heteroatoms. The number of nitriles is 1. The van der Waals surface area contributed by atoms with E-state index in [1.807, 2.05) is 30.3 Å². The quantitative estimate of drug-likeness (QED) is 0.613. The summed E-state index contributed by atoms with van der Waals surface area (Å²) >= 11 is 0. The predicted octanol–water partition coefficient (Wildman–Crippen LogP) is 3.57. The summed E-state index contributed by atoms with van der Waals surface area (Å²) < 4.78 is 0. The molecule has 1 aromatic carbocycles. The van der Waals surface area contributed by atoms with Crippen LogP contribution in [-0.2, 0) is 21.0 Å². The molecule has 0 saturated heterocycles. The van der Waals surface area contributed by atoms with Crippen molar-refractivity contribution in [2.24, 2.45) is 5.92 Å². The molecule has 4 nitrogen and oxygen atoms in total. The monoisotopic (exact) mass is 287 g/mol. The minimum atomic E-state index is -1.09. The topological polar surface area (TPSA) is 59.3 Å². The Kier molecular flexibility index (Phi) is 5.35. The Morgan fingerprint density at radius 3 is 2.52 bits per heavy atom. The zero-order valence-electron chi connectivity index (χ0n) is 12.4. The van der Waals surface area contributed by atoms with Crippen molar-refractivity contribution in [1.29, 1.82) is 5.26 Å². The van der Waals surface area contributed by atoms with Crippen molar-refractivity contribution in [2.75, 3.05) is 0 Å². The summed E-state index contributed by atoms with van der Waals surface area (Å²) in [5, 5.41) is 9.74. The first-order chi connectivity index (χ1) is 10.2. The molecule has 0 aliphatic heterocycles. The molecule has 1 saturated carbocycles. The third-order valence-electron chi connectivity index (χ3n) is 4.07. The van der Waals surface area contributed by atoms with Crippen molar-refractivity contribution in [3.8, 4) is 6.07 Å². The van der Waals surface area contributed by atoms with Gasteiger partial charge in [-0.3, -0.25) is 4.89 Å². The smallest absolute Gasteiger partial charge is 0.297 e. The van der Waals surface area contributed by atoms with Gasteiger partial charge in [0.2, 0.25) is 5.60 Å². The Balaban J connectivity index is 2.22. The van der Waals surface area contributed by atoms with Gasteiger partial charge in [0.05, 0.1) is 0 Å². The molecule has 0 spiro atoms. The first-order valence-electron chi connectivity index (χ1n) is 7.48. The van der Waals surface area contributed by atoms with Crippen LogP contribution in [0.15, 0.2) is 30.3 Å². The fourth-order valence-electron chi connectivity index (χ4n) is 2.99. The fourth-order valence-corrected chi connectivity index (χ4v) is 2.99. The second kappa shape index (κ2) is 7.24. The molecule has 0 aromatic heterocycles. The van der Waals surface area contributed by atoms with Crippen LogP contribution in [0.5, 0.6) is 0 Å². The number of rotatable bonds is 5. The van der Waals surface area contributed by atoms with E-state index in [9.17, 15) is 10.1 Å². The maximum absolute atomic E-state index is 11.1. The van der Waals surface area contributed by atoms with Gasteiger partial charge < -0.3 is 0 Å². The van der Waals surface area contributed by atoms with Crippen molar-refractivity contribution < 1.29 is 14.6 Å². The summed E-state index contributed by atoms with van der Waals surface area (Å²) in [5.74, 6) is -0.436. The van der Waals surface area contributed by atoms with Crippen LogP contribution in [0.25, 0.3) is 0 Å². The van der Waals surface area contributed by atoms with Crippen molar-refractivity contribution in [1.82, 2.24) is 0 Å². The van der Waals surface area contributed by atoms with E-state index in [4.69, 9.17) is 9.78 Å². The average Bonchev–Trinajstić information content (AvgIpc) is 2.53. The van der Waals surface area contributed by atoms with Crippen LogP contribution in [0.3, 0.4) is 0 Å². The lowest BCUT2D eigenvalue weighted by Crippen LogP contribution is -2.43. The van der Waals surface area contributed by atoms with E-state index in [-0.39, 0.29) is 5.92 Å². The van der Waals surface area contributed by atoms with Gasteiger partial charge in [0.15, 0.2) is 0 Å². The highest BCUT2D eigenvalue weighted by atomic mass is 17.2. The lowest BCUT2D eigenvalue weighted by Gasteiger charge is -2.35. The number of nitrogens with zero attached hydrogens (tertiary/aromatic N) is 1. The maximum atomic E-state index is 11.1. The van der Waals surface area contributed by atoms with E-state index < -0.39 is 11.6 Å².